The number of rotatable bonds is 3. The molecule has 0 aromatic heterocycles. The van der Waals surface area contributed by atoms with Crippen LogP contribution in [0.1, 0.15) is 19.3 Å². The lowest BCUT2D eigenvalue weighted by Gasteiger charge is -2.41. The lowest BCUT2D eigenvalue weighted by molar-refractivity contribution is -0.0888. The quantitative estimate of drug-likeness (QED) is 0.696. The van der Waals surface area contributed by atoms with Crippen LogP contribution in [0.2, 0.25) is 19.6 Å². The lowest BCUT2D eigenvalue weighted by atomic mass is 10.2. The Morgan fingerprint density at radius 1 is 1.07 bits per heavy atom. The highest BCUT2D eigenvalue weighted by molar-refractivity contribution is 6.73. The van der Waals surface area contributed by atoms with E-state index in [0.717, 1.165) is 13.0 Å². The van der Waals surface area contributed by atoms with Gasteiger partial charge < -0.3 is 9.47 Å². The molecular weight excluding hydrogens is 206 g/mol. The molecule has 0 radical (unpaired) electrons. The average molecular weight is 231 g/mol. The summed E-state index contributed by atoms with van der Waals surface area (Å²) in [6, 6.07) is 0. The molecule has 0 saturated carbocycles. The molecule has 1 heterocycles. The van der Waals surface area contributed by atoms with Crippen LogP contribution in [0.25, 0.3) is 0 Å². The molecule has 1 fully saturated rings. The number of methoxy groups -OCH3 is 2. The second-order valence-electron chi connectivity index (χ2n) is 5.26. The molecule has 0 N–H and O–H groups in total. The van der Waals surface area contributed by atoms with E-state index in [9.17, 15) is 0 Å². The minimum absolute atomic E-state index is 0.157. The average Bonchev–Trinajstić information content (AvgIpc) is 2.37. The Labute approximate surface area is 94.8 Å². The van der Waals surface area contributed by atoms with Crippen LogP contribution < -0.4 is 0 Å². The Balaban J connectivity index is 2.81. The monoisotopic (exact) mass is 231 g/mol. The summed E-state index contributed by atoms with van der Waals surface area (Å²) >= 11 is 0. The minimum Gasteiger partial charge on any atom is -0.377 e. The van der Waals surface area contributed by atoms with Gasteiger partial charge in [0.15, 0.2) is 0 Å². The summed E-state index contributed by atoms with van der Waals surface area (Å²) in [5.41, 5.74) is 0. The topological polar surface area (TPSA) is 21.7 Å². The molecule has 0 aromatic rings. The van der Waals surface area contributed by atoms with Gasteiger partial charge in [0.1, 0.15) is 14.5 Å². The normalized spacial score (nSPS) is 30.2. The third kappa shape index (κ3) is 3.28. The van der Waals surface area contributed by atoms with Crippen LogP contribution in [0, 0.1) is 0 Å². The summed E-state index contributed by atoms with van der Waals surface area (Å²) in [4.78, 5) is 0. The Hall–Kier alpha value is 0.0969. The van der Waals surface area contributed by atoms with E-state index in [1.54, 1.807) is 14.2 Å². The van der Waals surface area contributed by atoms with Crippen LogP contribution in [0.5, 0.6) is 0 Å². The third-order valence-corrected chi connectivity index (χ3v) is 5.37. The van der Waals surface area contributed by atoms with Gasteiger partial charge in [0.05, 0.1) is 6.10 Å². The van der Waals surface area contributed by atoms with E-state index in [-0.39, 0.29) is 12.3 Å². The molecule has 0 aliphatic carbocycles. The number of hydrogen-bond donors (Lipinski definition) is 0. The first-order valence-electron chi connectivity index (χ1n) is 5.83. The second kappa shape index (κ2) is 5.43. The van der Waals surface area contributed by atoms with Crippen LogP contribution in [-0.2, 0) is 9.47 Å². The van der Waals surface area contributed by atoms with Crippen LogP contribution in [0.3, 0.4) is 0 Å². The summed E-state index contributed by atoms with van der Waals surface area (Å²) in [6.07, 6.45) is 4.03. The summed E-state index contributed by atoms with van der Waals surface area (Å²) in [6.45, 7) is 8.28. The van der Waals surface area contributed by atoms with Gasteiger partial charge in [0, 0.05) is 14.2 Å². The highest BCUT2D eigenvalue weighted by atomic mass is 28.3. The molecule has 90 valence electrons. The molecule has 2 unspecified atom stereocenters. The molecule has 1 aliphatic rings. The van der Waals surface area contributed by atoms with Crippen molar-refractivity contribution in [2.24, 2.45) is 0 Å². The fourth-order valence-corrected chi connectivity index (χ4v) is 4.19. The molecule has 0 spiro atoms. The Morgan fingerprint density at radius 2 is 1.73 bits per heavy atom. The lowest BCUT2D eigenvalue weighted by Crippen LogP contribution is -2.56. The van der Waals surface area contributed by atoms with Crippen molar-refractivity contribution in [3.05, 3.63) is 0 Å². The Morgan fingerprint density at radius 3 is 2.20 bits per heavy atom. The summed E-state index contributed by atoms with van der Waals surface area (Å²) < 4.78 is 13.8. The molecule has 15 heavy (non-hydrogen) atoms. The molecule has 1 rings (SSSR count). The van der Waals surface area contributed by atoms with Crippen molar-refractivity contribution in [2.75, 3.05) is 20.8 Å². The Bertz CT molecular complexity index is 194. The van der Waals surface area contributed by atoms with Crippen molar-refractivity contribution in [1.29, 1.82) is 0 Å². The first kappa shape index (κ1) is 13.2. The zero-order chi connectivity index (χ0) is 11.5. The van der Waals surface area contributed by atoms with Gasteiger partial charge in [0.2, 0.25) is 0 Å². The molecule has 1 aliphatic heterocycles. The zero-order valence-electron chi connectivity index (χ0n) is 10.7. The maximum atomic E-state index is 5.65. The van der Waals surface area contributed by atoms with E-state index in [4.69, 9.17) is 9.47 Å². The first-order chi connectivity index (χ1) is 7.00. The number of nitrogens with zero attached hydrogens (tertiary/aromatic N) is 1. The van der Waals surface area contributed by atoms with Crippen LogP contribution >= 0.6 is 0 Å². The van der Waals surface area contributed by atoms with Gasteiger partial charge in [-0.1, -0.05) is 19.6 Å². The van der Waals surface area contributed by atoms with Gasteiger partial charge in [-0.15, -0.1) is 0 Å². The predicted octanol–water partition coefficient (Wildman–Crippen LogP) is 2.29. The van der Waals surface area contributed by atoms with E-state index in [1.807, 2.05) is 0 Å². The van der Waals surface area contributed by atoms with Crippen molar-refractivity contribution in [2.45, 2.75) is 51.2 Å². The highest BCUT2D eigenvalue weighted by Crippen LogP contribution is 2.25. The number of ether oxygens (including phenoxy) is 2. The molecule has 4 heteroatoms. The fourth-order valence-electron chi connectivity index (χ4n) is 2.33. The molecule has 2 atom stereocenters. The van der Waals surface area contributed by atoms with Crippen molar-refractivity contribution in [1.82, 2.24) is 4.57 Å². The highest BCUT2D eigenvalue weighted by Gasteiger charge is 2.36. The van der Waals surface area contributed by atoms with Gasteiger partial charge >= 0.3 is 0 Å². The van der Waals surface area contributed by atoms with Gasteiger partial charge in [-0.2, -0.15) is 0 Å². The van der Waals surface area contributed by atoms with E-state index in [2.05, 4.69) is 24.2 Å². The molecule has 3 nitrogen and oxygen atoms in total. The first-order valence-corrected chi connectivity index (χ1v) is 9.27. The zero-order valence-corrected chi connectivity index (χ0v) is 11.7. The molecule has 0 aromatic carbocycles. The molecule has 1 saturated heterocycles. The fraction of sp³-hybridized carbons (Fsp3) is 1.00. The van der Waals surface area contributed by atoms with Gasteiger partial charge in [-0.05, 0) is 25.8 Å². The predicted molar refractivity (Wildman–Crippen MR) is 65.5 cm³/mol. The largest absolute Gasteiger partial charge is 0.377 e. The Kier molecular flexibility index (Phi) is 4.77. The van der Waals surface area contributed by atoms with E-state index < -0.39 is 8.24 Å². The summed E-state index contributed by atoms with van der Waals surface area (Å²) in [5, 5.41) is 0. The van der Waals surface area contributed by atoms with Crippen LogP contribution in [0.15, 0.2) is 0 Å². The van der Waals surface area contributed by atoms with Crippen molar-refractivity contribution in [3.63, 3.8) is 0 Å². The van der Waals surface area contributed by atoms with Crippen LogP contribution in [0.4, 0.5) is 0 Å². The molecule has 0 amide bonds. The maximum absolute atomic E-state index is 5.65. The summed E-state index contributed by atoms with van der Waals surface area (Å²) in [5.74, 6) is 0. The maximum Gasteiger partial charge on any atom is 0.130 e. The third-order valence-electron chi connectivity index (χ3n) is 3.17. The summed E-state index contributed by atoms with van der Waals surface area (Å²) in [7, 11) is 2.29. The number of hydrogen-bond acceptors (Lipinski definition) is 3. The van der Waals surface area contributed by atoms with E-state index >= 15 is 0 Å². The minimum atomic E-state index is -1.30. The van der Waals surface area contributed by atoms with Gasteiger partial charge in [-0.3, -0.25) is 4.57 Å². The van der Waals surface area contributed by atoms with Crippen molar-refractivity contribution < 1.29 is 9.47 Å². The van der Waals surface area contributed by atoms with Gasteiger partial charge in [-0.25, -0.2) is 0 Å². The second-order valence-corrected chi connectivity index (χ2v) is 10.2. The van der Waals surface area contributed by atoms with Crippen molar-refractivity contribution >= 4 is 8.24 Å². The smallest absolute Gasteiger partial charge is 0.130 e. The van der Waals surface area contributed by atoms with Crippen molar-refractivity contribution in [3.8, 4) is 0 Å². The molecule has 0 bridgehead atoms. The standard InChI is InChI=1S/C11H25NO2Si/c1-13-10-8-6-7-9-12(11(10)14-2)15(3,4)5/h10-11H,6-9H2,1-5H3. The van der Waals surface area contributed by atoms with E-state index in [1.165, 1.54) is 12.8 Å². The molecular formula is C11H25NO2Si. The SMILES string of the molecule is COC1CCCCN([Si](C)(C)C)C1OC. The van der Waals surface area contributed by atoms with Crippen LogP contribution in [-0.4, -0.2) is 45.9 Å². The van der Waals surface area contributed by atoms with Gasteiger partial charge in [0.25, 0.3) is 0 Å². The van der Waals surface area contributed by atoms with E-state index in [0.29, 0.717) is 0 Å².